The molecule has 3 nitrogen and oxygen atoms in total. The molecule has 0 aromatic heterocycles. The first-order valence-electron chi connectivity index (χ1n) is 7.34. The molecule has 0 saturated carbocycles. The van der Waals surface area contributed by atoms with Crippen molar-refractivity contribution in [2.75, 3.05) is 0 Å². The van der Waals surface area contributed by atoms with E-state index < -0.39 is 0 Å². The van der Waals surface area contributed by atoms with Crippen LogP contribution in [0.1, 0.15) is 44.6 Å². The summed E-state index contributed by atoms with van der Waals surface area (Å²) >= 11 is 0. The number of allylic oxidation sites excluding steroid dienone is 1. The van der Waals surface area contributed by atoms with Gasteiger partial charge in [-0.2, -0.15) is 0 Å². The van der Waals surface area contributed by atoms with E-state index in [1.54, 1.807) is 0 Å². The molecule has 0 heterocycles. The number of ether oxygens (including phenoxy) is 1. The minimum Gasteiger partial charge on any atom is -0.445 e. The predicted molar refractivity (Wildman–Crippen MR) is 82.5 cm³/mol. The molecule has 3 heteroatoms. The number of rotatable bonds is 9. The third-order valence-electron chi connectivity index (χ3n) is 3.16. The lowest BCUT2D eigenvalue weighted by Gasteiger charge is -2.17. The number of amides is 1. The second-order valence-electron chi connectivity index (χ2n) is 4.91. The Kier molecular flexibility index (Phi) is 8.20. The van der Waals surface area contributed by atoms with Crippen molar-refractivity contribution in [1.29, 1.82) is 0 Å². The van der Waals surface area contributed by atoms with Crippen LogP contribution in [0.25, 0.3) is 0 Å². The summed E-state index contributed by atoms with van der Waals surface area (Å²) < 4.78 is 5.24. The quantitative estimate of drug-likeness (QED) is 0.677. The molecule has 1 amide bonds. The van der Waals surface area contributed by atoms with Gasteiger partial charge in [-0.25, -0.2) is 4.79 Å². The van der Waals surface area contributed by atoms with Gasteiger partial charge < -0.3 is 10.1 Å². The van der Waals surface area contributed by atoms with Crippen LogP contribution in [0.5, 0.6) is 0 Å². The maximum atomic E-state index is 11.8. The molecular formula is C17H25NO2. The second kappa shape index (κ2) is 10.1. The summed E-state index contributed by atoms with van der Waals surface area (Å²) in [5.74, 6) is 0. The first kappa shape index (κ1) is 16.3. The first-order chi connectivity index (χ1) is 9.76. The number of nitrogens with one attached hydrogen (secondary N) is 1. The van der Waals surface area contributed by atoms with Crippen LogP contribution >= 0.6 is 0 Å². The van der Waals surface area contributed by atoms with E-state index in [0.29, 0.717) is 6.61 Å². The Morgan fingerprint density at radius 3 is 2.75 bits per heavy atom. The Balaban J connectivity index is 2.34. The van der Waals surface area contributed by atoms with E-state index in [2.05, 4.69) is 18.8 Å². The van der Waals surface area contributed by atoms with Gasteiger partial charge in [-0.15, -0.1) is 6.58 Å². The summed E-state index contributed by atoms with van der Waals surface area (Å²) in [5.41, 5.74) is 0.999. The number of carbonyl (C=O) groups excluding carboxylic acids is 1. The van der Waals surface area contributed by atoms with E-state index >= 15 is 0 Å². The number of hydrogen-bond donors (Lipinski definition) is 1. The largest absolute Gasteiger partial charge is 0.445 e. The van der Waals surface area contributed by atoms with Gasteiger partial charge in [0.05, 0.1) is 0 Å². The Hall–Kier alpha value is -1.77. The van der Waals surface area contributed by atoms with Gasteiger partial charge in [0.15, 0.2) is 0 Å². The number of hydrogen-bond acceptors (Lipinski definition) is 2. The summed E-state index contributed by atoms with van der Waals surface area (Å²) in [6.45, 7) is 6.19. The Morgan fingerprint density at radius 1 is 1.35 bits per heavy atom. The normalized spacial score (nSPS) is 11.7. The molecular weight excluding hydrogens is 250 g/mol. The van der Waals surface area contributed by atoms with E-state index in [-0.39, 0.29) is 12.1 Å². The Morgan fingerprint density at radius 2 is 2.10 bits per heavy atom. The summed E-state index contributed by atoms with van der Waals surface area (Å²) in [4.78, 5) is 11.8. The SMILES string of the molecule is C=CCC[C@H](CCCC)NC(=O)OCc1ccccc1. The lowest BCUT2D eigenvalue weighted by molar-refractivity contribution is 0.134. The molecule has 0 aliphatic heterocycles. The number of carbonyl (C=O) groups is 1. The van der Waals surface area contributed by atoms with Gasteiger partial charge in [0.1, 0.15) is 6.61 Å². The van der Waals surface area contributed by atoms with Gasteiger partial charge in [0.25, 0.3) is 0 Å². The van der Waals surface area contributed by atoms with Crippen molar-refractivity contribution >= 4 is 6.09 Å². The van der Waals surface area contributed by atoms with Crippen molar-refractivity contribution in [1.82, 2.24) is 5.32 Å². The van der Waals surface area contributed by atoms with Gasteiger partial charge in [0.2, 0.25) is 0 Å². The number of alkyl carbamates (subject to hydrolysis) is 1. The van der Waals surface area contributed by atoms with Gasteiger partial charge in [-0.05, 0) is 24.8 Å². The lowest BCUT2D eigenvalue weighted by Crippen LogP contribution is -2.35. The molecule has 110 valence electrons. The van der Waals surface area contributed by atoms with Crippen LogP contribution < -0.4 is 5.32 Å². The standard InChI is InChI=1S/C17H25NO2/c1-3-5-12-16(13-6-4-2)18-17(19)20-14-15-10-8-7-9-11-15/h3,7-11,16H,1,4-6,12-14H2,2H3,(H,18,19)/t16-/m1/s1. The highest BCUT2D eigenvalue weighted by atomic mass is 16.5. The van der Waals surface area contributed by atoms with E-state index in [1.165, 1.54) is 0 Å². The molecule has 20 heavy (non-hydrogen) atoms. The smallest absolute Gasteiger partial charge is 0.407 e. The van der Waals surface area contributed by atoms with Crippen molar-refractivity contribution in [3.05, 3.63) is 48.6 Å². The Labute approximate surface area is 122 Å². The van der Waals surface area contributed by atoms with Gasteiger partial charge in [-0.3, -0.25) is 0 Å². The molecule has 1 rings (SSSR count). The van der Waals surface area contributed by atoms with Gasteiger partial charge in [0, 0.05) is 6.04 Å². The van der Waals surface area contributed by atoms with Crippen LogP contribution in [0, 0.1) is 0 Å². The molecule has 1 N–H and O–H groups in total. The first-order valence-corrected chi connectivity index (χ1v) is 7.34. The van der Waals surface area contributed by atoms with E-state index in [1.807, 2.05) is 36.4 Å². The van der Waals surface area contributed by atoms with Crippen molar-refractivity contribution < 1.29 is 9.53 Å². The fraction of sp³-hybridized carbons (Fsp3) is 0.471. The summed E-state index contributed by atoms with van der Waals surface area (Å²) in [7, 11) is 0. The van der Waals surface area contributed by atoms with Gasteiger partial charge in [-0.1, -0.05) is 56.2 Å². The van der Waals surface area contributed by atoms with Crippen LogP contribution in [0.2, 0.25) is 0 Å². The van der Waals surface area contributed by atoms with Crippen molar-refractivity contribution in [3.8, 4) is 0 Å². The zero-order chi connectivity index (χ0) is 14.6. The van der Waals surface area contributed by atoms with E-state index in [9.17, 15) is 4.79 Å². The monoisotopic (exact) mass is 275 g/mol. The molecule has 0 radical (unpaired) electrons. The molecule has 0 saturated heterocycles. The summed E-state index contributed by atoms with van der Waals surface area (Å²) in [6.07, 6.45) is 6.61. The summed E-state index contributed by atoms with van der Waals surface area (Å²) in [6, 6.07) is 9.88. The van der Waals surface area contributed by atoms with Gasteiger partial charge >= 0.3 is 6.09 Å². The molecule has 0 bridgehead atoms. The molecule has 0 aliphatic rings. The number of benzene rings is 1. The lowest BCUT2D eigenvalue weighted by atomic mass is 10.1. The fourth-order valence-corrected chi connectivity index (χ4v) is 1.99. The highest BCUT2D eigenvalue weighted by Gasteiger charge is 2.12. The van der Waals surface area contributed by atoms with E-state index in [4.69, 9.17) is 4.74 Å². The molecule has 1 atom stereocenters. The third kappa shape index (κ3) is 6.98. The fourth-order valence-electron chi connectivity index (χ4n) is 1.99. The number of unbranched alkanes of at least 4 members (excludes halogenated alkanes) is 1. The zero-order valence-corrected chi connectivity index (χ0v) is 12.3. The summed E-state index contributed by atoms with van der Waals surface area (Å²) in [5, 5.41) is 2.95. The molecule has 0 fully saturated rings. The van der Waals surface area contributed by atoms with Crippen molar-refractivity contribution in [2.24, 2.45) is 0 Å². The van der Waals surface area contributed by atoms with Crippen LogP contribution in [-0.4, -0.2) is 12.1 Å². The van der Waals surface area contributed by atoms with Crippen molar-refractivity contribution in [3.63, 3.8) is 0 Å². The molecule has 1 aromatic carbocycles. The maximum absolute atomic E-state index is 11.8. The molecule has 0 spiro atoms. The van der Waals surface area contributed by atoms with Crippen LogP contribution in [0.3, 0.4) is 0 Å². The van der Waals surface area contributed by atoms with Crippen LogP contribution in [0.4, 0.5) is 4.79 Å². The topological polar surface area (TPSA) is 38.3 Å². The maximum Gasteiger partial charge on any atom is 0.407 e. The molecule has 1 aromatic rings. The molecule has 0 unspecified atom stereocenters. The second-order valence-corrected chi connectivity index (χ2v) is 4.91. The minimum atomic E-state index is -0.334. The average Bonchev–Trinajstić information content (AvgIpc) is 2.49. The highest BCUT2D eigenvalue weighted by molar-refractivity contribution is 5.67. The minimum absolute atomic E-state index is 0.177. The predicted octanol–water partition coefficient (Wildman–Crippen LogP) is 4.44. The van der Waals surface area contributed by atoms with Crippen molar-refractivity contribution in [2.45, 2.75) is 51.7 Å². The zero-order valence-electron chi connectivity index (χ0n) is 12.3. The third-order valence-corrected chi connectivity index (χ3v) is 3.16. The van der Waals surface area contributed by atoms with Crippen LogP contribution in [-0.2, 0) is 11.3 Å². The molecule has 0 aliphatic carbocycles. The highest BCUT2D eigenvalue weighted by Crippen LogP contribution is 2.08. The van der Waals surface area contributed by atoms with Crippen LogP contribution in [0.15, 0.2) is 43.0 Å². The average molecular weight is 275 g/mol. The van der Waals surface area contributed by atoms with E-state index in [0.717, 1.165) is 37.7 Å². The Bertz CT molecular complexity index is 389.